The fraction of sp³-hybridized carbons (Fsp3) is 0.0952. The zero-order chi connectivity index (χ0) is 20.4. The van der Waals surface area contributed by atoms with Crippen LogP contribution < -0.4 is 5.32 Å². The van der Waals surface area contributed by atoms with Crippen LogP contribution >= 0.6 is 11.8 Å². The number of nitrogens with zero attached hydrogens (tertiary/aromatic N) is 2. The van der Waals surface area contributed by atoms with E-state index < -0.39 is 9.84 Å². The van der Waals surface area contributed by atoms with Gasteiger partial charge in [0.1, 0.15) is 0 Å². The number of thioether (sulfide) groups is 1. The maximum absolute atomic E-state index is 12.3. The van der Waals surface area contributed by atoms with Crippen LogP contribution in [0.2, 0.25) is 0 Å². The minimum atomic E-state index is -3.13. The van der Waals surface area contributed by atoms with E-state index in [2.05, 4.69) is 15.3 Å². The van der Waals surface area contributed by atoms with Crippen LogP contribution in [-0.2, 0) is 20.4 Å². The van der Waals surface area contributed by atoms with Crippen LogP contribution in [0.4, 0.5) is 5.69 Å². The fourth-order valence-electron chi connectivity index (χ4n) is 2.95. The molecule has 0 saturated carbocycles. The summed E-state index contributed by atoms with van der Waals surface area (Å²) in [5, 5.41) is 4.21. The zero-order valence-electron chi connectivity index (χ0n) is 15.5. The number of amides is 1. The van der Waals surface area contributed by atoms with Crippen LogP contribution in [-0.4, -0.2) is 30.7 Å². The second kappa shape index (κ2) is 7.81. The molecule has 4 rings (SSSR count). The first-order valence-electron chi connectivity index (χ1n) is 8.77. The van der Waals surface area contributed by atoms with E-state index in [0.717, 1.165) is 16.5 Å². The molecular weight excluding hydrogens is 406 g/mol. The molecule has 0 aliphatic carbocycles. The van der Waals surface area contributed by atoms with Crippen molar-refractivity contribution in [2.75, 3.05) is 6.26 Å². The average molecular weight is 424 g/mol. The molecule has 1 fully saturated rings. The first-order chi connectivity index (χ1) is 13.9. The van der Waals surface area contributed by atoms with Crippen molar-refractivity contribution in [3.05, 3.63) is 76.8 Å². The second-order valence-electron chi connectivity index (χ2n) is 6.68. The summed E-state index contributed by atoms with van der Waals surface area (Å²) in [7, 11) is -3.13. The number of fused-ring (bicyclic) bond motifs is 1. The van der Waals surface area contributed by atoms with Crippen molar-refractivity contribution in [2.45, 2.75) is 5.75 Å². The number of carbonyl (C=O) groups excluding carboxylic acids is 1. The number of pyridine rings is 1. The second-order valence-corrected chi connectivity index (χ2v) is 9.85. The van der Waals surface area contributed by atoms with Gasteiger partial charge in [0, 0.05) is 17.8 Å². The molecule has 1 aromatic heterocycles. The van der Waals surface area contributed by atoms with Gasteiger partial charge >= 0.3 is 0 Å². The summed E-state index contributed by atoms with van der Waals surface area (Å²) >= 11 is 1.25. The molecule has 146 valence electrons. The molecule has 0 radical (unpaired) electrons. The van der Waals surface area contributed by atoms with Crippen molar-refractivity contribution in [1.82, 2.24) is 10.3 Å². The van der Waals surface area contributed by atoms with Crippen molar-refractivity contribution in [3.63, 3.8) is 0 Å². The molecule has 2 aromatic carbocycles. The molecule has 1 amide bonds. The number of hydrogen-bond donors (Lipinski definition) is 1. The summed E-state index contributed by atoms with van der Waals surface area (Å²) in [4.78, 5) is 21.6. The van der Waals surface area contributed by atoms with Gasteiger partial charge in [0.05, 0.1) is 21.9 Å². The van der Waals surface area contributed by atoms with E-state index >= 15 is 0 Å². The lowest BCUT2D eigenvalue weighted by atomic mass is 10.1. The number of hydrogen-bond acceptors (Lipinski definition) is 6. The maximum Gasteiger partial charge on any atom is 0.264 e. The van der Waals surface area contributed by atoms with E-state index in [4.69, 9.17) is 0 Å². The number of amidine groups is 1. The highest BCUT2D eigenvalue weighted by atomic mass is 32.2. The van der Waals surface area contributed by atoms with Crippen LogP contribution in [0.5, 0.6) is 0 Å². The Morgan fingerprint density at radius 2 is 2.00 bits per heavy atom. The summed E-state index contributed by atoms with van der Waals surface area (Å²) in [6, 6.07) is 16.6. The van der Waals surface area contributed by atoms with Crippen molar-refractivity contribution in [1.29, 1.82) is 0 Å². The smallest absolute Gasteiger partial charge is 0.264 e. The summed E-state index contributed by atoms with van der Waals surface area (Å²) in [5.41, 5.74) is 3.05. The Morgan fingerprint density at radius 3 is 2.83 bits per heavy atom. The van der Waals surface area contributed by atoms with Gasteiger partial charge < -0.3 is 5.32 Å². The molecule has 1 saturated heterocycles. The molecule has 6 nitrogen and oxygen atoms in total. The predicted molar refractivity (Wildman–Crippen MR) is 118 cm³/mol. The van der Waals surface area contributed by atoms with Gasteiger partial charge in [-0.1, -0.05) is 24.3 Å². The standard InChI is InChI=1S/C21H17N3O3S2/c1-29(26,27)13-15-4-2-6-17(11-15)23-21-24-20(25)19(28-21)12-14-7-8-18-16(10-14)5-3-9-22-18/h2-12H,13H2,1H3,(H,23,24,25). The number of nitrogens with one attached hydrogen (secondary N) is 1. The van der Waals surface area contributed by atoms with Crippen molar-refractivity contribution in [3.8, 4) is 0 Å². The molecule has 3 aromatic rings. The third-order valence-corrected chi connectivity index (χ3v) is 5.91. The van der Waals surface area contributed by atoms with Crippen LogP contribution in [0, 0.1) is 0 Å². The lowest BCUT2D eigenvalue weighted by molar-refractivity contribution is -0.115. The first kappa shape index (κ1) is 19.4. The van der Waals surface area contributed by atoms with Gasteiger partial charge in [0.2, 0.25) is 0 Å². The highest BCUT2D eigenvalue weighted by Crippen LogP contribution is 2.29. The molecule has 8 heteroatoms. The van der Waals surface area contributed by atoms with Gasteiger partial charge in [0.15, 0.2) is 15.0 Å². The zero-order valence-corrected chi connectivity index (χ0v) is 17.1. The van der Waals surface area contributed by atoms with E-state index in [1.807, 2.05) is 36.4 Å². The third kappa shape index (κ3) is 4.90. The molecule has 0 atom stereocenters. The highest BCUT2D eigenvalue weighted by Gasteiger charge is 2.23. The van der Waals surface area contributed by atoms with E-state index in [1.165, 1.54) is 18.0 Å². The minimum Gasteiger partial charge on any atom is -0.300 e. The first-order valence-corrected chi connectivity index (χ1v) is 11.6. The quantitative estimate of drug-likeness (QED) is 0.647. The average Bonchev–Trinajstić information content (AvgIpc) is 2.99. The Morgan fingerprint density at radius 1 is 1.14 bits per heavy atom. The maximum atomic E-state index is 12.3. The summed E-state index contributed by atoms with van der Waals surface area (Å²) in [6.07, 6.45) is 4.75. The molecule has 0 bridgehead atoms. The van der Waals surface area contributed by atoms with E-state index in [1.54, 1.807) is 30.5 Å². The van der Waals surface area contributed by atoms with Gasteiger partial charge in [0.25, 0.3) is 5.91 Å². The normalized spacial score (nSPS) is 17.2. The van der Waals surface area contributed by atoms with Crippen LogP contribution in [0.25, 0.3) is 17.0 Å². The topological polar surface area (TPSA) is 88.5 Å². The molecule has 1 aliphatic heterocycles. The minimum absolute atomic E-state index is 0.0484. The molecule has 0 unspecified atom stereocenters. The third-order valence-electron chi connectivity index (χ3n) is 4.15. The Kier molecular flexibility index (Phi) is 5.21. The Bertz CT molecular complexity index is 1280. The number of sulfone groups is 1. The molecule has 2 heterocycles. The van der Waals surface area contributed by atoms with Crippen molar-refractivity contribution < 1.29 is 13.2 Å². The van der Waals surface area contributed by atoms with E-state index in [9.17, 15) is 13.2 Å². The predicted octanol–water partition coefficient (Wildman–Crippen LogP) is 3.67. The summed E-state index contributed by atoms with van der Waals surface area (Å²) in [5.74, 6) is -0.264. The number of aromatic nitrogens is 1. The lowest BCUT2D eigenvalue weighted by Crippen LogP contribution is -2.19. The highest BCUT2D eigenvalue weighted by molar-refractivity contribution is 8.18. The molecule has 1 N–H and O–H groups in total. The van der Waals surface area contributed by atoms with Crippen LogP contribution in [0.3, 0.4) is 0 Å². The van der Waals surface area contributed by atoms with Gasteiger partial charge in [-0.15, -0.1) is 0 Å². The largest absolute Gasteiger partial charge is 0.300 e. The number of carbonyl (C=O) groups is 1. The monoisotopic (exact) mass is 423 g/mol. The van der Waals surface area contributed by atoms with Gasteiger partial charge in [-0.2, -0.15) is 0 Å². The van der Waals surface area contributed by atoms with Gasteiger partial charge in [-0.3, -0.25) is 9.78 Å². The summed E-state index contributed by atoms with van der Waals surface area (Å²) in [6.45, 7) is 0. The molecule has 29 heavy (non-hydrogen) atoms. The van der Waals surface area contributed by atoms with Crippen molar-refractivity contribution in [2.24, 2.45) is 4.99 Å². The van der Waals surface area contributed by atoms with E-state index in [-0.39, 0.29) is 11.7 Å². The SMILES string of the molecule is CS(=O)(=O)Cc1cccc(N=C2NC(=O)C(=Cc3ccc4ncccc4c3)S2)c1. The Labute approximate surface area is 172 Å². The van der Waals surface area contributed by atoms with Crippen molar-refractivity contribution >= 4 is 55.3 Å². The number of rotatable bonds is 4. The Hall–Kier alpha value is -2.97. The van der Waals surface area contributed by atoms with Gasteiger partial charge in [-0.05, 0) is 59.3 Å². The fourth-order valence-corrected chi connectivity index (χ4v) is 4.58. The molecule has 1 aliphatic rings. The van der Waals surface area contributed by atoms with Crippen LogP contribution in [0.1, 0.15) is 11.1 Å². The van der Waals surface area contributed by atoms with Gasteiger partial charge in [-0.25, -0.2) is 13.4 Å². The summed E-state index contributed by atoms with van der Waals surface area (Å²) < 4.78 is 23.0. The molecule has 0 spiro atoms. The number of benzene rings is 2. The number of aliphatic imine (C=N–C) groups is 1. The molecular formula is C21H17N3O3S2. The Balaban J connectivity index is 1.57. The van der Waals surface area contributed by atoms with E-state index in [0.29, 0.717) is 21.3 Å². The van der Waals surface area contributed by atoms with Crippen LogP contribution in [0.15, 0.2) is 70.7 Å². The lowest BCUT2D eigenvalue weighted by Gasteiger charge is -2.01.